The van der Waals surface area contributed by atoms with Gasteiger partial charge in [-0.2, -0.15) is 0 Å². The Morgan fingerprint density at radius 3 is 2.30 bits per heavy atom. The van der Waals surface area contributed by atoms with E-state index in [9.17, 15) is 31.9 Å². The van der Waals surface area contributed by atoms with Gasteiger partial charge in [0.1, 0.15) is 17.1 Å². The number of aromatic nitrogens is 1. The molecule has 3 aromatic rings. The summed E-state index contributed by atoms with van der Waals surface area (Å²) in [7, 11) is 0. The maximum absolute atomic E-state index is 14.1. The number of carbonyl (C=O) groups excluding carboxylic acids is 2. The van der Waals surface area contributed by atoms with E-state index in [1.807, 2.05) is 4.57 Å². The molecule has 0 radical (unpaired) electrons. The zero-order chi connectivity index (χ0) is 28.6. The molecule has 12 heteroatoms. The standard InChI is InChI=1S/C28H26ClF4N3O4/c29-22-12-24-20(11-23(22)30)25(37)21(14-36(24)18-7-8-18)27(39)35-17-5-1-15(2-6-17)13-34-26(38)16-3-9-19(10-4-16)40-28(31,32)33/h3-4,9-12,14-15,17-18H,1-2,5-8,13H2,(H,34,38)(H,35,39). The Morgan fingerprint density at radius 2 is 1.68 bits per heavy atom. The van der Waals surface area contributed by atoms with Crippen LogP contribution in [0.15, 0.2) is 47.4 Å². The van der Waals surface area contributed by atoms with Crippen molar-refractivity contribution in [3.63, 3.8) is 0 Å². The Bertz CT molecular complexity index is 1490. The Morgan fingerprint density at radius 1 is 1.00 bits per heavy atom. The fraction of sp³-hybridized carbons (Fsp3) is 0.393. The highest BCUT2D eigenvalue weighted by molar-refractivity contribution is 6.31. The van der Waals surface area contributed by atoms with Gasteiger partial charge < -0.3 is 19.9 Å². The molecule has 0 saturated heterocycles. The highest BCUT2D eigenvalue weighted by Crippen LogP contribution is 2.37. The largest absolute Gasteiger partial charge is 0.573 e. The Kier molecular flexibility index (Phi) is 7.76. The highest BCUT2D eigenvalue weighted by atomic mass is 35.5. The molecule has 2 N–H and O–H groups in total. The van der Waals surface area contributed by atoms with Crippen LogP contribution in [0.2, 0.25) is 5.02 Å². The first kappa shape index (κ1) is 27.9. The van der Waals surface area contributed by atoms with Gasteiger partial charge in [-0.25, -0.2) is 4.39 Å². The van der Waals surface area contributed by atoms with Crippen molar-refractivity contribution in [3.8, 4) is 5.75 Å². The van der Waals surface area contributed by atoms with Crippen LogP contribution in [0, 0.1) is 11.7 Å². The molecular weight excluding hydrogens is 554 g/mol. The molecule has 2 aliphatic carbocycles. The first-order valence-corrected chi connectivity index (χ1v) is 13.3. The van der Waals surface area contributed by atoms with Gasteiger partial charge in [0.25, 0.3) is 11.8 Å². The Hall–Kier alpha value is -3.60. The summed E-state index contributed by atoms with van der Waals surface area (Å²) in [6.07, 6.45) is 1.25. The fourth-order valence-corrected chi connectivity index (χ4v) is 5.24. The van der Waals surface area contributed by atoms with Crippen LogP contribution >= 0.6 is 11.6 Å². The van der Waals surface area contributed by atoms with Crippen molar-refractivity contribution in [1.29, 1.82) is 0 Å². The number of carbonyl (C=O) groups is 2. The van der Waals surface area contributed by atoms with Crippen molar-refractivity contribution < 1.29 is 31.9 Å². The predicted molar refractivity (Wildman–Crippen MR) is 140 cm³/mol. The van der Waals surface area contributed by atoms with Gasteiger partial charge in [0, 0.05) is 35.8 Å². The average Bonchev–Trinajstić information content (AvgIpc) is 3.74. The number of pyridine rings is 1. The number of ether oxygens (including phenoxy) is 1. The zero-order valence-corrected chi connectivity index (χ0v) is 21.9. The average molecular weight is 580 g/mol. The van der Waals surface area contributed by atoms with E-state index < -0.39 is 35.2 Å². The molecular formula is C28H26ClF4N3O4. The summed E-state index contributed by atoms with van der Waals surface area (Å²) in [5.74, 6) is -1.88. The summed E-state index contributed by atoms with van der Waals surface area (Å²) >= 11 is 5.94. The summed E-state index contributed by atoms with van der Waals surface area (Å²) < 4.78 is 56.7. The van der Waals surface area contributed by atoms with Crippen LogP contribution in [0.25, 0.3) is 10.9 Å². The molecule has 2 amide bonds. The smallest absolute Gasteiger partial charge is 0.406 e. The monoisotopic (exact) mass is 579 g/mol. The molecule has 2 aromatic carbocycles. The van der Waals surface area contributed by atoms with Crippen molar-refractivity contribution in [2.45, 2.75) is 57.0 Å². The lowest BCUT2D eigenvalue weighted by atomic mass is 9.86. The van der Waals surface area contributed by atoms with Gasteiger partial charge in [0.05, 0.1) is 10.5 Å². The second-order valence-electron chi connectivity index (χ2n) is 10.3. The summed E-state index contributed by atoms with van der Waals surface area (Å²) in [4.78, 5) is 38.6. The van der Waals surface area contributed by atoms with Gasteiger partial charge in [-0.15, -0.1) is 13.2 Å². The fourth-order valence-electron chi connectivity index (χ4n) is 5.08. The molecule has 212 valence electrons. The predicted octanol–water partition coefficient (Wildman–Crippen LogP) is 5.75. The minimum Gasteiger partial charge on any atom is -0.406 e. The van der Waals surface area contributed by atoms with Crippen molar-refractivity contribution >= 4 is 34.3 Å². The maximum Gasteiger partial charge on any atom is 0.573 e. The minimum atomic E-state index is -4.80. The maximum atomic E-state index is 14.1. The highest BCUT2D eigenvalue weighted by Gasteiger charge is 2.31. The van der Waals surface area contributed by atoms with Crippen LogP contribution in [0.4, 0.5) is 17.6 Å². The van der Waals surface area contributed by atoms with Crippen molar-refractivity contribution in [2.75, 3.05) is 6.54 Å². The van der Waals surface area contributed by atoms with Crippen LogP contribution < -0.4 is 20.8 Å². The second-order valence-corrected chi connectivity index (χ2v) is 10.7. The zero-order valence-electron chi connectivity index (χ0n) is 21.2. The van der Waals surface area contributed by atoms with E-state index in [1.54, 1.807) is 0 Å². The first-order chi connectivity index (χ1) is 19.0. The van der Waals surface area contributed by atoms with E-state index in [1.165, 1.54) is 24.4 Å². The quantitative estimate of drug-likeness (QED) is 0.349. The first-order valence-electron chi connectivity index (χ1n) is 13.0. The van der Waals surface area contributed by atoms with Gasteiger partial charge in [-0.05, 0) is 80.8 Å². The van der Waals surface area contributed by atoms with Gasteiger partial charge in [-0.3, -0.25) is 14.4 Å². The van der Waals surface area contributed by atoms with E-state index in [4.69, 9.17) is 11.6 Å². The topological polar surface area (TPSA) is 89.4 Å². The number of benzene rings is 2. The summed E-state index contributed by atoms with van der Waals surface area (Å²) in [6, 6.07) is 7.16. The van der Waals surface area contributed by atoms with Gasteiger partial charge in [0.2, 0.25) is 5.43 Å². The summed E-state index contributed by atoms with van der Waals surface area (Å²) in [5, 5.41) is 5.77. The molecule has 2 aliphatic rings. The normalized spacial score (nSPS) is 19.3. The molecule has 0 unspecified atom stereocenters. The molecule has 5 rings (SSSR count). The third kappa shape index (κ3) is 6.41. The number of nitrogens with zero attached hydrogens (tertiary/aromatic N) is 1. The van der Waals surface area contributed by atoms with Crippen molar-refractivity contribution in [2.24, 2.45) is 5.92 Å². The third-order valence-electron chi connectivity index (χ3n) is 7.34. The molecule has 0 aliphatic heterocycles. The second kappa shape index (κ2) is 11.1. The molecule has 7 nitrogen and oxygen atoms in total. The van der Waals surface area contributed by atoms with E-state index in [0.29, 0.717) is 24.9 Å². The SMILES string of the molecule is O=C(NCC1CCC(NC(=O)c2cn(C3CC3)c3cc(Cl)c(F)cc3c2=O)CC1)c1ccc(OC(F)(F)F)cc1. The number of hydrogen-bond acceptors (Lipinski definition) is 4. The van der Waals surface area contributed by atoms with Crippen molar-refractivity contribution in [1.82, 2.24) is 15.2 Å². The van der Waals surface area contributed by atoms with E-state index in [-0.39, 0.29) is 39.5 Å². The van der Waals surface area contributed by atoms with Gasteiger partial charge >= 0.3 is 6.36 Å². The molecule has 40 heavy (non-hydrogen) atoms. The van der Waals surface area contributed by atoms with Crippen LogP contribution in [-0.4, -0.2) is 35.3 Å². The van der Waals surface area contributed by atoms with Crippen molar-refractivity contribution in [3.05, 3.63) is 74.8 Å². The summed E-state index contributed by atoms with van der Waals surface area (Å²) in [5.41, 5.74) is 0.130. The lowest BCUT2D eigenvalue weighted by Crippen LogP contribution is -2.41. The Labute approximate surface area is 231 Å². The number of nitrogens with one attached hydrogen (secondary N) is 2. The Balaban J connectivity index is 1.16. The van der Waals surface area contributed by atoms with Crippen LogP contribution in [0.1, 0.15) is 65.3 Å². The summed E-state index contributed by atoms with van der Waals surface area (Å²) in [6.45, 7) is 0.380. The van der Waals surface area contributed by atoms with Crippen LogP contribution in [-0.2, 0) is 0 Å². The lowest BCUT2D eigenvalue weighted by molar-refractivity contribution is -0.274. The van der Waals surface area contributed by atoms with Crippen LogP contribution in [0.3, 0.4) is 0 Å². The lowest BCUT2D eigenvalue weighted by Gasteiger charge is -2.29. The number of fused-ring (bicyclic) bond motifs is 1. The van der Waals surface area contributed by atoms with E-state index in [2.05, 4.69) is 15.4 Å². The third-order valence-corrected chi connectivity index (χ3v) is 7.63. The van der Waals surface area contributed by atoms with E-state index in [0.717, 1.165) is 43.9 Å². The molecule has 1 aromatic heterocycles. The molecule has 2 fully saturated rings. The molecule has 2 saturated carbocycles. The number of alkyl halides is 3. The number of hydrogen-bond donors (Lipinski definition) is 2. The molecule has 0 spiro atoms. The molecule has 0 bridgehead atoms. The van der Waals surface area contributed by atoms with Crippen LogP contribution in [0.5, 0.6) is 5.75 Å². The number of rotatable bonds is 7. The minimum absolute atomic E-state index is 0.0397. The number of halogens is 5. The molecule has 1 heterocycles. The van der Waals surface area contributed by atoms with E-state index >= 15 is 0 Å². The van der Waals surface area contributed by atoms with Gasteiger partial charge in [-0.1, -0.05) is 11.6 Å². The van der Waals surface area contributed by atoms with Gasteiger partial charge in [0.15, 0.2) is 0 Å². The molecule has 0 atom stereocenters. The number of amides is 2.